The first kappa shape index (κ1) is 43.9. The van der Waals surface area contributed by atoms with Gasteiger partial charge in [0.05, 0.1) is 21.6 Å². The molecule has 312 valence electrons. The number of aliphatic imine (C=N–C) groups is 1. The zero-order chi connectivity index (χ0) is 43.2. The second kappa shape index (κ2) is 15.9. The summed E-state index contributed by atoms with van der Waals surface area (Å²) in [5.41, 5.74) is -5.00. The largest absolute Gasteiger partial charge is 0.447 e. The zero-order valence-corrected chi connectivity index (χ0v) is 33.4. The van der Waals surface area contributed by atoms with E-state index >= 15 is 4.39 Å². The Balaban J connectivity index is 1.62. The first-order valence-electron chi connectivity index (χ1n) is 17.5. The van der Waals surface area contributed by atoms with Crippen molar-refractivity contribution in [1.82, 2.24) is 15.5 Å². The van der Waals surface area contributed by atoms with Crippen molar-refractivity contribution >= 4 is 57.6 Å². The summed E-state index contributed by atoms with van der Waals surface area (Å²) in [6.45, 7) is 7.82. The van der Waals surface area contributed by atoms with E-state index < -0.39 is 94.0 Å². The summed E-state index contributed by atoms with van der Waals surface area (Å²) < 4.78 is 115. The van der Waals surface area contributed by atoms with Crippen LogP contribution in [0.5, 0.6) is 0 Å². The van der Waals surface area contributed by atoms with Crippen molar-refractivity contribution < 1.29 is 49.1 Å². The molecule has 2 atom stereocenters. The number of anilines is 1. The van der Waals surface area contributed by atoms with E-state index in [1.54, 1.807) is 20.8 Å². The molecule has 58 heavy (non-hydrogen) atoms. The van der Waals surface area contributed by atoms with E-state index in [0.717, 1.165) is 24.3 Å². The first-order valence-corrected chi connectivity index (χ1v) is 19.8. The summed E-state index contributed by atoms with van der Waals surface area (Å²) in [6.07, 6.45) is -9.26. The van der Waals surface area contributed by atoms with Gasteiger partial charge in [-0.25, -0.2) is 31.4 Å². The lowest BCUT2D eigenvalue weighted by Gasteiger charge is -2.35. The van der Waals surface area contributed by atoms with E-state index in [9.17, 15) is 40.0 Å². The summed E-state index contributed by atoms with van der Waals surface area (Å²) in [5.74, 6) is -3.15. The van der Waals surface area contributed by atoms with Crippen LogP contribution in [0, 0.1) is 16.6 Å². The highest BCUT2D eigenvalue weighted by molar-refractivity contribution is 7.90. The summed E-state index contributed by atoms with van der Waals surface area (Å²) in [5, 5.41) is 17.9. The van der Waals surface area contributed by atoms with Gasteiger partial charge < -0.3 is 15.4 Å². The molecule has 20 heteroatoms. The number of guanidine groups is 1. The van der Waals surface area contributed by atoms with Gasteiger partial charge in [-0.2, -0.15) is 18.3 Å². The summed E-state index contributed by atoms with van der Waals surface area (Å²) >= 11 is 6.42. The van der Waals surface area contributed by atoms with Crippen LogP contribution in [0.3, 0.4) is 0 Å². The number of carbonyl (C=O) groups excluding carboxylic acids is 2. The fraction of sp³-hybridized carbons (Fsp3) is 0.395. The number of hydrogen-bond donors (Lipinski definition) is 3. The predicted molar refractivity (Wildman–Crippen MR) is 206 cm³/mol. The van der Waals surface area contributed by atoms with Crippen LogP contribution in [0.25, 0.3) is 11.1 Å². The van der Waals surface area contributed by atoms with Crippen molar-refractivity contribution in [2.45, 2.75) is 74.7 Å². The van der Waals surface area contributed by atoms with E-state index in [1.165, 1.54) is 54.6 Å². The highest BCUT2D eigenvalue weighted by atomic mass is 35.5. The summed E-state index contributed by atoms with van der Waals surface area (Å²) in [4.78, 5) is 32.3. The minimum Gasteiger partial charge on any atom is -0.447 e. The van der Waals surface area contributed by atoms with Gasteiger partial charge in [-0.15, -0.1) is 0 Å². The van der Waals surface area contributed by atoms with E-state index in [0.29, 0.717) is 5.01 Å². The van der Waals surface area contributed by atoms with Gasteiger partial charge in [0.15, 0.2) is 21.6 Å². The Bertz CT molecular complexity index is 2280. The molecule has 2 amide bonds. The van der Waals surface area contributed by atoms with Crippen LogP contribution in [0.4, 0.5) is 36.8 Å². The van der Waals surface area contributed by atoms with Crippen molar-refractivity contribution in [3.63, 3.8) is 0 Å². The number of alkyl carbamates (subject to hydrolysis) is 1. The normalized spacial score (nSPS) is 18.8. The molecule has 2 fully saturated rings. The molecule has 0 radical (unpaired) electrons. The number of halogens is 7. The van der Waals surface area contributed by atoms with E-state index in [4.69, 9.17) is 21.7 Å². The highest BCUT2D eigenvalue weighted by Gasteiger charge is 2.65. The Kier molecular flexibility index (Phi) is 12.0. The Morgan fingerprint density at radius 1 is 1.12 bits per heavy atom. The van der Waals surface area contributed by atoms with Crippen molar-refractivity contribution in [2.75, 3.05) is 24.9 Å². The topological polar surface area (TPSA) is 157 Å². The monoisotopic (exact) mass is 855 g/mol. The Morgan fingerprint density at radius 2 is 1.79 bits per heavy atom. The lowest BCUT2D eigenvalue weighted by atomic mass is 9.75. The van der Waals surface area contributed by atoms with Gasteiger partial charge in [-0.1, -0.05) is 62.7 Å². The number of carbonyl (C=O) groups is 2. The van der Waals surface area contributed by atoms with Crippen molar-refractivity contribution in [3.8, 4) is 11.1 Å². The second-order valence-electron chi connectivity index (χ2n) is 15.2. The third-order valence-corrected chi connectivity index (χ3v) is 11.1. The molecule has 0 aromatic heterocycles. The SMILES string of the molecule is C=NN(/C(=N\C)C(F)F)c1cc([C@@H](COC(=O)NC2(C(F)(F)F)CC2)N2C(=N)N[C@](CC(C)(C)C)(c3ccc(-c4cccc(S(C)(=O)=O)c4)c(F)c3)C2=O)ccc1Cl. The lowest BCUT2D eigenvalue weighted by molar-refractivity contribution is -0.164. The third kappa shape index (κ3) is 8.79. The number of benzene rings is 3. The lowest BCUT2D eigenvalue weighted by Crippen LogP contribution is -2.49. The van der Waals surface area contributed by atoms with Crippen molar-refractivity contribution in [3.05, 3.63) is 82.6 Å². The number of amides is 2. The average Bonchev–Trinajstić information content (AvgIpc) is 3.87. The third-order valence-electron chi connectivity index (χ3n) is 9.67. The fourth-order valence-corrected chi connectivity index (χ4v) is 7.67. The molecular weight excluding hydrogens is 816 g/mol. The zero-order valence-electron chi connectivity index (χ0n) is 31.8. The molecule has 3 aromatic rings. The van der Waals surface area contributed by atoms with E-state index in [-0.39, 0.29) is 44.3 Å². The highest BCUT2D eigenvalue weighted by Crippen LogP contribution is 2.49. The molecule has 1 saturated carbocycles. The molecule has 2 aliphatic rings. The Morgan fingerprint density at radius 3 is 2.33 bits per heavy atom. The number of sulfone groups is 1. The van der Waals surface area contributed by atoms with Gasteiger partial charge in [0, 0.05) is 25.6 Å². The number of ether oxygens (including phenoxy) is 1. The molecule has 3 N–H and O–H groups in total. The van der Waals surface area contributed by atoms with Crippen LogP contribution in [0.15, 0.2) is 75.7 Å². The van der Waals surface area contributed by atoms with Gasteiger partial charge in [-0.3, -0.25) is 20.1 Å². The smallest absolute Gasteiger partial charge is 0.411 e. The first-order chi connectivity index (χ1) is 26.9. The number of hydrazone groups is 1. The molecule has 1 aliphatic heterocycles. The molecule has 0 bridgehead atoms. The molecule has 0 unspecified atom stereocenters. The standard InChI is InChI=1S/C38H40ClF6N7O5S/c1-35(2,3)20-37(23-11-12-25(27(40)18-23)21-8-7-9-24(16-21)58(6,55)56)32(53)51(33(46)49-37)29(19-57-34(54)50-36(14-15-36)38(43,44)45)22-10-13-26(39)28(17-22)52(48-5)31(47-4)30(41)42/h7-13,16-18,29-30H,5,14-15,19-20H2,1-4,6H3,(H2,46,49)(H,50,54)/b47-31-/t29-,37-/m1/s1. The van der Waals surface area contributed by atoms with Crippen molar-refractivity contribution in [2.24, 2.45) is 15.5 Å². The maximum atomic E-state index is 16.1. The van der Waals surface area contributed by atoms with E-state index in [1.807, 2.05) is 5.32 Å². The molecule has 1 aliphatic carbocycles. The Hall–Kier alpha value is -5.17. The number of nitrogens with zero attached hydrogens (tertiary/aromatic N) is 4. The number of alkyl halides is 5. The van der Waals surface area contributed by atoms with Gasteiger partial charge in [0.25, 0.3) is 12.3 Å². The van der Waals surface area contributed by atoms with Crippen molar-refractivity contribution in [1.29, 1.82) is 5.41 Å². The maximum absolute atomic E-state index is 16.1. The summed E-state index contributed by atoms with van der Waals surface area (Å²) in [7, 11) is -2.56. The number of hydrogen-bond acceptors (Lipinski definition) is 8. The summed E-state index contributed by atoms with van der Waals surface area (Å²) in [6, 6.07) is 11.7. The Labute approximate surface area is 335 Å². The molecule has 1 heterocycles. The predicted octanol–water partition coefficient (Wildman–Crippen LogP) is 7.83. The molecule has 3 aromatic carbocycles. The van der Waals surface area contributed by atoms with Crippen LogP contribution in [0.1, 0.15) is 57.2 Å². The number of rotatable bonds is 12. The number of nitrogens with one attached hydrogen (secondary N) is 3. The fourth-order valence-electron chi connectivity index (χ4n) is 6.81. The molecule has 12 nitrogen and oxygen atoms in total. The van der Waals surface area contributed by atoms with Gasteiger partial charge in [0.2, 0.25) is 0 Å². The quantitative estimate of drug-likeness (QED) is 0.0726. The molecule has 5 rings (SSSR count). The van der Waals surface area contributed by atoms with Crippen LogP contribution in [-0.2, 0) is 24.9 Å². The van der Waals surface area contributed by atoms with Crippen LogP contribution in [-0.4, -0.2) is 81.9 Å². The average molecular weight is 856 g/mol. The van der Waals surface area contributed by atoms with Crippen LogP contribution < -0.4 is 15.6 Å². The molecule has 0 spiro atoms. The van der Waals surface area contributed by atoms with Gasteiger partial charge >= 0.3 is 12.3 Å². The molecule has 1 saturated heterocycles. The van der Waals surface area contributed by atoms with Gasteiger partial charge in [-0.05, 0) is 71.7 Å². The number of amidine groups is 1. The van der Waals surface area contributed by atoms with E-state index in [2.05, 4.69) is 22.1 Å². The van der Waals surface area contributed by atoms with Gasteiger partial charge in [0.1, 0.15) is 23.5 Å². The maximum Gasteiger partial charge on any atom is 0.411 e. The van der Waals surface area contributed by atoms with Crippen LogP contribution in [0.2, 0.25) is 5.02 Å². The molecular formula is C38H40ClF6N7O5S. The minimum atomic E-state index is -4.79. The second-order valence-corrected chi connectivity index (χ2v) is 17.6. The minimum absolute atomic E-state index is 0.00118. The van der Waals surface area contributed by atoms with Crippen LogP contribution >= 0.6 is 11.6 Å².